The molecule has 2 heteroatoms. The average Bonchev–Trinajstić information content (AvgIpc) is 2.43. The van der Waals surface area contributed by atoms with Gasteiger partial charge in [0.15, 0.2) is 0 Å². The van der Waals surface area contributed by atoms with Gasteiger partial charge in [-0.1, -0.05) is 33.6 Å². The van der Waals surface area contributed by atoms with Crippen molar-refractivity contribution in [3.05, 3.63) is 0 Å². The van der Waals surface area contributed by atoms with E-state index in [0.29, 0.717) is 18.0 Å². The normalized spacial score (nSPS) is 29.1. The molecule has 1 aliphatic rings. The Morgan fingerprint density at radius 2 is 1.94 bits per heavy atom. The minimum atomic E-state index is 0.517. The second-order valence-corrected chi connectivity index (χ2v) is 5.78. The van der Waals surface area contributed by atoms with Crippen LogP contribution in [0, 0.1) is 11.8 Å². The zero-order valence-corrected chi connectivity index (χ0v) is 11.5. The third-order valence-corrected chi connectivity index (χ3v) is 3.86. The van der Waals surface area contributed by atoms with Gasteiger partial charge in [-0.25, -0.2) is 0 Å². The van der Waals surface area contributed by atoms with Crippen molar-refractivity contribution in [3.63, 3.8) is 0 Å². The van der Waals surface area contributed by atoms with Crippen molar-refractivity contribution in [2.24, 2.45) is 11.8 Å². The fourth-order valence-electron chi connectivity index (χ4n) is 2.57. The van der Waals surface area contributed by atoms with Crippen LogP contribution in [0.3, 0.4) is 0 Å². The van der Waals surface area contributed by atoms with Crippen LogP contribution in [0.2, 0.25) is 0 Å². The predicted octanol–water partition coefficient (Wildman–Crippen LogP) is 3.22. The molecule has 0 radical (unpaired) electrons. The molecule has 1 fully saturated rings. The van der Waals surface area contributed by atoms with Gasteiger partial charge in [-0.3, -0.25) is 0 Å². The van der Waals surface area contributed by atoms with E-state index in [1.54, 1.807) is 7.11 Å². The van der Waals surface area contributed by atoms with Gasteiger partial charge >= 0.3 is 0 Å². The largest absolute Gasteiger partial charge is 0.383 e. The van der Waals surface area contributed by atoms with Gasteiger partial charge < -0.3 is 10.1 Å². The monoisotopic (exact) mass is 227 g/mol. The van der Waals surface area contributed by atoms with Crippen molar-refractivity contribution in [2.45, 2.75) is 65.0 Å². The molecule has 3 atom stereocenters. The van der Waals surface area contributed by atoms with Gasteiger partial charge in [0.25, 0.3) is 0 Å². The molecular formula is C14H29NO. The topological polar surface area (TPSA) is 21.3 Å². The summed E-state index contributed by atoms with van der Waals surface area (Å²) >= 11 is 0. The molecule has 0 aromatic rings. The minimum absolute atomic E-state index is 0.517. The molecule has 0 aliphatic heterocycles. The van der Waals surface area contributed by atoms with E-state index in [9.17, 15) is 0 Å². The van der Waals surface area contributed by atoms with Crippen LogP contribution < -0.4 is 5.32 Å². The molecule has 1 saturated carbocycles. The zero-order chi connectivity index (χ0) is 12.0. The molecule has 1 rings (SSSR count). The van der Waals surface area contributed by atoms with Gasteiger partial charge in [-0.15, -0.1) is 0 Å². The van der Waals surface area contributed by atoms with Crippen LogP contribution in [0.4, 0.5) is 0 Å². The summed E-state index contributed by atoms with van der Waals surface area (Å²) in [6, 6.07) is 1.23. The van der Waals surface area contributed by atoms with E-state index in [0.717, 1.165) is 12.5 Å². The Bertz CT molecular complexity index is 182. The summed E-state index contributed by atoms with van der Waals surface area (Å²) in [7, 11) is 1.80. The first-order valence-electron chi connectivity index (χ1n) is 6.88. The minimum Gasteiger partial charge on any atom is -0.383 e. The Balaban J connectivity index is 2.37. The van der Waals surface area contributed by atoms with E-state index >= 15 is 0 Å². The van der Waals surface area contributed by atoms with Gasteiger partial charge in [-0.05, 0) is 31.1 Å². The first-order valence-corrected chi connectivity index (χ1v) is 6.88. The summed E-state index contributed by atoms with van der Waals surface area (Å²) in [5.74, 6) is 1.58. The molecule has 0 spiro atoms. The molecule has 2 nitrogen and oxygen atoms in total. The second-order valence-electron chi connectivity index (χ2n) is 5.78. The highest BCUT2D eigenvalue weighted by Gasteiger charge is 2.20. The quantitative estimate of drug-likeness (QED) is 0.728. The third kappa shape index (κ3) is 4.84. The average molecular weight is 227 g/mol. The Labute approximate surface area is 101 Å². The van der Waals surface area contributed by atoms with Crippen LogP contribution in [0.1, 0.15) is 52.9 Å². The number of nitrogens with one attached hydrogen (secondary N) is 1. The van der Waals surface area contributed by atoms with Gasteiger partial charge in [-0.2, -0.15) is 0 Å². The lowest BCUT2D eigenvalue weighted by molar-refractivity contribution is 0.138. The number of hydrogen-bond donors (Lipinski definition) is 1. The third-order valence-electron chi connectivity index (χ3n) is 3.86. The Kier molecular flexibility index (Phi) is 6.37. The highest BCUT2D eigenvalue weighted by molar-refractivity contribution is 4.79. The first kappa shape index (κ1) is 14.0. The molecule has 0 saturated heterocycles. The molecule has 1 aliphatic carbocycles. The summed E-state index contributed by atoms with van der Waals surface area (Å²) in [5, 5.41) is 3.79. The predicted molar refractivity (Wildman–Crippen MR) is 69.7 cm³/mol. The summed E-state index contributed by atoms with van der Waals surface area (Å²) in [5.41, 5.74) is 0. The van der Waals surface area contributed by atoms with Crippen molar-refractivity contribution < 1.29 is 4.74 Å². The molecule has 0 bridgehead atoms. The number of ether oxygens (including phenoxy) is 1. The van der Waals surface area contributed by atoms with Crippen LogP contribution in [0.5, 0.6) is 0 Å². The van der Waals surface area contributed by atoms with Crippen LogP contribution >= 0.6 is 0 Å². The summed E-state index contributed by atoms with van der Waals surface area (Å²) in [4.78, 5) is 0. The molecule has 3 unspecified atom stereocenters. The number of rotatable bonds is 5. The molecule has 0 aromatic carbocycles. The van der Waals surface area contributed by atoms with Gasteiger partial charge in [0.05, 0.1) is 6.61 Å². The molecule has 0 aromatic heterocycles. The number of methoxy groups -OCH3 is 1. The second kappa shape index (κ2) is 7.29. The van der Waals surface area contributed by atoms with Crippen LogP contribution in [0.15, 0.2) is 0 Å². The van der Waals surface area contributed by atoms with E-state index in [4.69, 9.17) is 4.74 Å². The van der Waals surface area contributed by atoms with Crippen LogP contribution in [-0.2, 0) is 4.74 Å². The van der Waals surface area contributed by atoms with E-state index < -0.39 is 0 Å². The summed E-state index contributed by atoms with van der Waals surface area (Å²) in [6.45, 7) is 7.77. The molecule has 96 valence electrons. The molecule has 0 amide bonds. The van der Waals surface area contributed by atoms with E-state index in [2.05, 4.69) is 26.1 Å². The van der Waals surface area contributed by atoms with Crippen molar-refractivity contribution >= 4 is 0 Å². The van der Waals surface area contributed by atoms with Gasteiger partial charge in [0.1, 0.15) is 0 Å². The Hall–Kier alpha value is -0.0800. The standard InChI is InChI=1S/C14H29NO/c1-11(2)14(10-16-4)15-13-7-5-6-12(3)8-9-13/h11-15H,5-10H2,1-4H3. The SMILES string of the molecule is COCC(NC1CCCC(C)CC1)C(C)C. The highest BCUT2D eigenvalue weighted by atomic mass is 16.5. The summed E-state index contributed by atoms with van der Waals surface area (Å²) < 4.78 is 5.30. The van der Waals surface area contributed by atoms with E-state index in [1.165, 1.54) is 32.1 Å². The zero-order valence-electron chi connectivity index (χ0n) is 11.5. The number of hydrogen-bond acceptors (Lipinski definition) is 2. The molecule has 1 N–H and O–H groups in total. The van der Waals surface area contributed by atoms with Crippen molar-refractivity contribution in [3.8, 4) is 0 Å². The van der Waals surface area contributed by atoms with E-state index in [1.807, 2.05) is 0 Å². The maximum absolute atomic E-state index is 5.30. The highest BCUT2D eigenvalue weighted by Crippen LogP contribution is 2.23. The van der Waals surface area contributed by atoms with Gasteiger partial charge in [0.2, 0.25) is 0 Å². The smallest absolute Gasteiger partial charge is 0.0618 e. The van der Waals surface area contributed by atoms with Crippen molar-refractivity contribution in [1.29, 1.82) is 0 Å². The maximum Gasteiger partial charge on any atom is 0.0618 e. The first-order chi connectivity index (χ1) is 7.63. The molecule has 16 heavy (non-hydrogen) atoms. The Morgan fingerprint density at radius 1 is 1.19 bits per heavy atom. The molecule has 0 heterocycles. The lowest BCUT2D eigenvalue weighted by Crippen LogP contribution is -2.44. The lowest BCUT2D eigenvalue weighted by atomic mass is 10.0. The van der Waals surface area contributed by atoms with Crippen molar-refractivity contribution in [2.75, 3.05) is 13.7 Å². The molecular weight excluding hydrogens is 198 g/mol. The Morgan fingerprint density at radius 3 is 2.56 bits per heavy atom. The van der Waals surface area contributed by atoms with E-state index in [-0.39, 0.29) is 0 Å². The fraction of sp³-hybridized carbons (Fsp3) is 1.00. The maximum atomic E-state index is 5.30. The van der Waals surface area contributed by atoms with Gasteiger partial charge in [0, 0.05) is 19.2 Å². The summed E-state index contributed by atoms with van der Waals surface area (Å²) in [6.07, 6.45) is 6.87. The van der Waals surface area contributed by atoms with Crippen molar-refractivity contribution in [1.82, 2.24) is 5.32 Å². The fourth-order valence-corrected chi connectivity index (χ4v) is 2.57. The van der Waals surface area contributed by atoms with Crippen LogP contribution in [-0.4, -0.2) is 25.8 Å². The lowest BCUT2D eigenvalue weighted by Gasteiger charge is -2.27. The van der Waals surface area contributed by atoms with Crippen LogP contribution in [0.25, 0.3) is 0 Å².